The van der Waals surface area contributed by atoms with Gasteiger partial charge in [-0.2, -0.15) is 0 Å². The van der Waals surface area contributed by atoms with Crippen LogP contribution in [0.1, 0.15) is 44.1 Å². The first-order valence-electron chi connectivity index (χ1n) is 8.59. The fourth-order valence-electron chi connectivity index (χ4n) is 3.83. The molecule has 1 unspecified atom stereocenters. The Kier molecular flexibility index (Phi) is 4.93. The summed E-state index contributed by atoms with van der Waals surface area (Å²) in [6.45, 7) is 1.52. The van der Waals surface area contributed by atoms with Gasteiger partial charge in [0.1, 0.15) is 0 Å². The van der Waals surface area contributed by atoms with Crippen LogP contribution in [0, 0.1) is 11.8 Å². The van der Waals surface area contributed by atoms with Crippen molar-refractivity contribution in [3.8, 4) is 0 Å². The number of hydrogen-bond acceptors (Lipinski definition) is 2. The molecular weight excluding hydrogens is 298 g/mol. The molecule has 1 saturated carbocycles. The fraction of sp³-hybridized carbons (Fsp3) is 0.667. The quantitative estimate of drug-likeness (QED) is 0.850. The maximum absolute atomic E-state index is 13.3. The van der Waals surface area contributed by atoms with Crippen molar-refractivity contribution in [1.29, 1.82) is 0 Å². The average Bonchev–Trinajstić information content (AvgIpc) is 2.55. The molecule has 1 saturated heterocycles. The third kappa shape index (κ3) is 4.27. The molecule has 23 heavy (non-hydrogen) atoms. The molecule has 1 aliphatic carbocycles. The van der Waals surface area contributed by atoms with Gasteiger partial charge in [-0.05, 0) is 49.7 Å². The summed E-state index contributed by atoms with van der Waals surface area (Å²) >= 11 is 0. The van der Waals surface area contributed by atoms with E-state index in [1.54, 1.807) is 6.20 Å². The normalized spacial score (nSPS) is 25.3. The van der Waals surface area contributed by atoms with E-state index in [1.165, 1.54) is 5.56 Å². The van der Waals surface area contributed by atoms with Gasteiger partial charge in [-0.15, -0.1) is 0 Å². The number of likely N-dealkylation sites (tertiary alicyclic amines) is 1. The van der Waals surface area contributed by atoms with Gasteiger partial charge in [-0.25, -0.2) is 8.78 Å². The molecule has 0 radical (unpaired) electrons. The highest BCUT2D eigenvalue weighted by atomic mass is 19.3. The number of carbonyl (C=O) groups excluding carboxylic acids is 1. The second-order valence-electron chi connectivity index (χ2n) is 6.99. The van der Waals surface area contributed by atoms with Crippen LogP contribution in [0.2, 0.25) is 0 Å². The first-order chi connectivity index (χ1) is 11.0. The van der Waals surface area contributed by atoms with Gasteiger partial charge in [0.15, 0.2) is 0 Å². The zero-order chi connectivity index (χ0) is 16.3. The Labute approximate surface area is 136 Å². The number of hydrogen-bond donors (Lipinski definition) is 0. The van der Waals surface area contributed by atoms with Crippen LogP contribution < -0.4 is 0 Å². The number of carbonyl (C=O) groups is 1. The highest BCUT2D eigenvalue weighted by molar-refractivity contribution is 5.79. The van der Waals surface area contributed by atoms with E-state index in [4.69, 9.17) is 0 Å². The van der Waals surface area contributed by atoms with Crippen LogP contribution in [0.15, 0.2) is 24.5 Å². The van der Waals surface area contributed by atoms with Crippen molar-refractivity contribution in [3.63, 3.8) is 0 Å². The van der Waals surface area contributed by atoms with E-state index in [-0.39, 0.29) is 24.7 Å². The lowest BCUT2D eigenvalue weighted by molar-refractivity contribution is -0.141. The van der Waals surface area contributed by atoms with Crippen molar-refractivity contribution in [1.82, 2.24) is 9.88 Å². The smallest absolute Gasteiger partial charge is 0.248 e. The fourth-order valence-corrected chi connectivity index (χ4v) is 3.83. The molecule has 126 valence electrons. The van der Waals surface area contributed by atoms with E-state index in [9.17, 15) is 13.6 Å². The Morgan fingerprint density at radius 2 is 2.09 bits per heavy atom. The summed E-state index contributed by atoms with van der Waals surface area (Å²) in [5, 5.41) is 0. The van der Waals surface area contributed by atoms with Gasteiger partial charge in [0, 0.05) is 44.2 Å². The standard InChI is InChI=1S/C18H24F2N2O/c19-18(20)7-5-16(6-8-18)17(23)22-10-2-4-15(13-22)11-14-3-1-9-21-12-14/h1,3,9,12,15-16H,2,4-8,10-11,13H2. The summed E-state index contributed by atoms with van der Waals surface area (Å²) < 4.78 is 26.5. The topological polar surface area (TPSA) is 33.2 Å². The van der Waals surface area contributed by atoms with Gasteiger partial charge in [0.25, 0.3) is 0 Å². The second-order valence-corrected chi connectivity index (χ2v) is 6.99. The molecule has 3 nitrogen and oxygen atoms in total. The van der Waals surface area contributed by atoms with Crippen molar-refractivity contribution in [3.05, 3.63) is 30.1 Å². The number of amides is 1. The monoisotopic (exact) mass is 322 g/mol. The molecule has 1 amide bonds. The van der Waals surface area contributed by atoms with Gasteiger partial charge < -0.3 is 4.90 Å². The third-order valence-corrected chi connectivity index (χ3v) is 5.14. The number of pyridine rings is 1. The molecule has 2 aliphatic rings. The van der Waals surface area contributed by atoms with Gasteiger partial charge in [0.2, 0.25) is 11.8 Å². The molecular formula is C18H24F2N2O. The van der Waals surface area contributed by atoms with E-state index >= 15 is 0 Å². The molecule has 2 heterocycles. The van der Waals surface area contributed by atoms with E-state index in [0.29, 0.717) is 18.8 Å². The molecule has 0 aromatic carbocycles. The Bertz CT molecular complexity index is 525. The van der Waals surface area contributed by atoms with E-state index < -0.39 is 5.92 Å². The van der Waals surface area contributed by atoms with Crippen molar-refractivity contribution >= 4 is 5.91 Å². The second kappa shape index (κ2) is 6.93. The summed E-state index contributed by atoms with van der Waals surface area (Å²) in [5.74, 6) is -2.23. The lowest BCUT2D eigenvalue weighted by Crippen LogP contribution is -2.45. The Hall–Kier alpha value is -1.52. The molecule has 0 N–H and O–H groups in total. The molecule has 1 aliphatic heterocycles. The Balaban J connectivity index is 1.55. The van der Waals surface area contributed by atoms with E-state index in [0.717, 1.165) is 32.4 Å². The Morgan fingerprint density at radius 3 is 2.78 bits per heavy atom. The summed E-state index contributed by atoms with van der Waals surface area (Å²) in [6, 6.07) is 4.00. The van der Waals surface area contributed by atoms with Crippen LogP contribution in [-0.2, 0) is 11.2 Å². The third-order valence-electron chi connectivity index (χ3n) is 5.14. The first-order valence-corrected chi connectivity index (χ1v) is 8.59. The summed E-state index contributed by atoms with van der Waals surface area (Å²) in [7, 11) is 0. The molecule has 1 atom stereocenters. The van der Waals surface area contributed by atoms with Gasteiger partial charge >= 0.3 is 0 Å². The van der Waals surface area contributed by atoms with Crippen molar-refractivity contribution in [2.45, 2.75) is 50.9 Å². The van der Waals surface area contributed by atoms with Crippen LogP contribution >= 0.6 is 0 Å². The van der Waals surface area contributed by atoms with Crippen LogP contribution in [0.3, 0.4) is 0 Å². The van der Waals surface area contributed by atoms with Crippen LogP contribution in [0.4, 0.5) is 8.78 Å². The van der Waals surface area contributed by atoms with Gasteiger partial charge in [-0.3, -0.25) is 9.78 Å². The minimum atomic E-state index is -2.57. The highest BCUT2D eigenvalue weighted by Crippen LogP contribution is 2.37. The largest absolute Gasteiger partial charge is 0.342 e. The number of nitrogens with zero attached hydrogens (tertiary/aromatic N) is 2. The maximum Gasteiger partial charge on any atom is 0.248 e. The lowest BCUT2D eigenvalue weighted by Gasteiger charge is -2.37. The zero-order valence-electron chi connectivity index (χ0n) is 13.4. The summed E-state index contributed by atoms with van der Waals surface area (Å²) in [4.78, 5) is 18.7. The van der Waals surface area contributed by atoms with E-state index in [1.807, 2.05) is 17.2 Å². The van der Waals surface area contributed by atoms with Crippen LogP contribution in [0.5, 0.6) is 0 Å². The Morgan fingerprint density at radius 1 is 1.30 bits per heavy atom. The number of alkyl halides is 2. The van der Waals surface area contributed by atoms with Crippen molar-refractivity contribution in [2.24, 2.45) is 11.8 Å². The SMILES string of the molecule is O=C(C1CCC(F)(F)CC1)N1CCCC(Cc2cccnc2)C1. The van der Waals surface area contributed by atoms with Crippen LogP contribution in [0.25, 0.3) is 0 Å². The summed E-state index contributed by atoms with van der Waals surface area (Å²) in [6.07, 6.45) is 7.06. The summed E-state index contributed by atoms with van der Waals surface area (Å²) in [5.41, 5.74) is 1.20. The molecule has 3 rings (SSSR count). The average molecular weight is 322 g/mol. The highest BCUT2D eigenvalue weighted by Gasteiger charge is 2.39. The first kappa shape index (κ1) is 16.3. The molecule has 2 fully saturated rings. The van der Waals surface area contributed by atoms with Gasteiger partial charge in [0.05, 0.1) is 0 Å². The zero-order valence-corrected chi connectivity index (χ0v) is 13.4. The molecule has 0 bridgehead atoms. The predicted molar refractivity (Wildman–Crippen MR) is 84.2 cm³/mol. The van der Waals surface area contributed by atoms with Crippen molar-refractivity contribution < 1.29 is 13.6 Å². The minimum Gasteiger partial charge on any atom is -0.342 e. The van der Waals surface area contributed by atoms with Gasteiger partial charge in [-0.1, -0.05) is 6.07 Å². The molecule has 0 spiro atoms. The number of aromatic nitrogens is 1. The number of rotatable bonds is 3. The van der Waals surface area contributed by atoms with Crippen molar-refractivity contribution in [2.75, 3.05) is 13.1 Å². The molecule has 1 aromatic rings. The lowest BCUT2D eigenvalue weighted by atomic mass is 9.84. The van der Waals surface area contributed by atoms with E-state index in [2.05, 4.69) is 11.1 Å². The predicted octanol–water partition coefficient (Wildman–Crippen LogP) is 3.69. The number of halogens is 2. The van der Waals surface area contributed by atoms with Crippen LogP contribution in [-0.4, -0.2) is 34.8 Å². The number of piperidine rings is 1. The maximum atomic E-state index is 13.3. The molecule has 5 heteroatoms. The molecule has 1 aromatic heterocycles. The minimum absolute atomic E-state index is 0.0939.